The Morgan fingerprint density at radius 2 is 1.88 bits per heavy atom. The zero-order valence-electron chi connectivity index (χ0n) is 14.3. The molecular formula is C18H18N2O5S. The van der Waals surface area contributed by atoms with Gasteiger partial charge in [-0.05, 0) is 35.9 Å². The predicted molar refractivity (Wildman–Crippen MR) is 95.5 cm³/mol. The molecule has 3 rings (SSSR count). The summed E-state index contributed by atoms with van der Waals surface area (Å²) in [4.78, 5) is 4.36. The van der Waals surface area contributed by atoms with Crippen molar-refractivity contribution in [1.29, 1.82) is 0 Å². The Balaban J connectivity index is 1.84. The number of sulfonamides is 1. The fraction of sp³-hybridized carbons (Fsp3) is 0.167. The van der Waals surface area contributed by atoms with Crippen LogP contribution in [0.4, 0.5) is 0 Å². The summed E-state index contributed by atoms with van der Waals surface area (Å²) in [6.45, 7) is 0.0700. The van der Waals surface area contributed by atoms with Gasteiger partial charge in [0.15, 0.2) is 17.3 Å². The highest BCUT2D eigenvalue weighted by Gasteiger charge is 2.18. The number of ether oxygens (including phenoxy) is 2. The highest BCUT2D eigenvalue weighted by molar-refractivity contribution is 7.89. The number of hydrogen-bond acceptors (Lipinski definition) is 6. The maximum atomic E-state index is 12.6. The lowest BCUT2D eigenvalue weighted by molar-refractivity contribution is 0.354. The van der Waals surface area contributed by atoms with Gasteiger partial charge in [0.25, 0.3) is 0 Å². The second-order valence-corrected chi connectivity index (χ2v) is 7.10. The van der Waals surface area contributed by atoms with Crippen molar-refractivity contribution in [1.82, 2.24) is 9.71 Å². The van der Waals surface area contributed by atoms with E-state index >= 15 is 0 Å². The summed E-state index contributed by atoms with van der Waals surface area (Å²) < 4.78 is 43.5. The van der Waals surface area contributed by atoms with E-state index in [2.05, 4.69) is 9.71 Å². The van der Waals surface area contributed by atoms with Crippen LogP contribution in [0.5, 0.6) is 11.5 Å². The predicted octanol–water partition coefficient (Wildman–Crippen LogP) is 2.84. The molecule has 7 nitrogen and oxygen atoms in total. The van der Waals surface area contributed by atoms with Crippen LogP contribution in [0.25, 0.3) is 11.5 Å². The standard InChI is InChI=1S/C18H18N2O5S/c1-23-15-8-7-14(11-17(15)24-2)26(21,22)20-12-13-5-3-9-19-18(13)16-6-4-10-25-16/h3-11,20H,12H2,1-2H3. The first-order valence-corrected chi connectivity index (χ1v) is 9.23. The van der Waals surface area contributed by atoms with Crippen LogP contribution < -0.4 is 14.2 Å². The van der Waals surface area contributed by atoms with Crippen LogP contribution in [0.2, 0.25) is 0 Å². The molecule has 0 saturated carbocycles. The van der Waals surface area contributed by atoms with Gasteiger partial charge in [0.2, 0.25) is 10.0 Å². The van der Waals surface area contributed by atoms with Crippen LogP contribution in [0.1, 0.15) is 5.56 Å². The van der Waals surface area contributed by atoms with Crippen molar-refractivity contribution in [3.8, 4) is 23.0 Å². The third-order valence-electron chi connectivity index (χ3n) is 3.76. The molecule has 0 aliphatic rings. The van der Waals surface area contributed by atoms with Gasteiger partial charge in [-0.3, -0.25) is 4.98 Å². The number of furan rings is 1. The molecule has 0 fully saturated rings. The molecule has 0 saturated heterocycles. The van der Waals surface area contributed by atoms with Crippen LogP contribution in [-0.4, -0.2) is 27.6 Å². The van der Waals surface area contributed by atoms with Crippen molar-refractivity contribution in [3.63, 3.8) is 0 Å². The molecule has 0 amide bonds. The van der Waals surface area contributed by atoms with Gasteiger partial charge in [-0.15, -0.1) is 0 Å². The summed E-state index contributed by atoms with van der Waals surface area (Å²) in [5.74, 6) is 1.37. The number of methoxy groups -OCH3 is 2. The fourth-order valence-corrected chi connectivity index (χ4v) is 3.48. The summed E-state index contributed by atoms with van der Waals surface area (Å²) in [6.07, 6.45) is 3.17. The number of nitrogens with one attached hydrogen (secondary N) is 1. The van der Waals surface area contributed by atoms with Gasteiger partial charge in [0, 0.05) is 18.8 Å². The van der Waals surface area contributed by atoms with Gasteiger partial charge in [0.05, 0.1) is 25.4 Å². The van der Waals surface area contributed by atoms with Crippen molar-refractivity contribution in [2.75, 3.05) is 14.2 Å². The minimum Gasteiger partial charge on any atom is -0.493 e. The molecule has 8 heteroatoms. The third-order valence-corrected chi connectivity index (χ3v) is 5.16. The topological polar surface area (TPSA) is 90.7 Å². The van der Waals surface area contributed by atoms with Crippen LogP contribution in [0.3, 0.4) is 0 Å². The number of pyridine rings is 1. The average Bonchev–Trinajstić information content (AvgIpc) is 3.20. The molecule has 0 bridgehead atoms. The second-order valence-electron chi connectivity index (χ2n) is 5.33. The lowest BCUT2D eigenvalue weighted by atomic mass is 10.1. The van der Waals surface area contributed by atoms with Crippen molar-refractivity contribution in [2.45, 2.75) is 11.4 Å². The van der Waals surface area contributed by atoms with Crippen LogP contribution in [-0.2, 0) is 16.6 Å². The van der Waals surface area contributed by atoms with E-state index in [4.69, 9.17) is 13.9 Å². The van der Waals surface area contributed by atoms with Crippen molar-refractivity contribution in [2.24, 2.45) is 0 Å². The number of aromatic nitrogens is 1. The Morgan fingerprint density at radius 3 is 2.58 bits per heavy atom. The summed E-state index contributed by atoms with van der Waals surface area (Å²) >= 11 is 0. The van der Waals surface area contributed by atoms with Crippen molar-refractivity contribution < 1.29 is 22.3 Å². The van der Waals surface area contributed by atoms with E-state index < -0.39 is 10.0 Å². The zero-order valence-corrected chi connectivity index (χ0v) is 15.1. The van der Waals surface area contributed by atoms with Gasteiger partial charge in [0.1, 0.15) is 5.69 Å². The minimum atomic E-state index is -3.75. The molecule has 0 aliphatic heterocycles. The molecule has 0 spiro atoms. The Kier molecular flexibility index (Phi) is 5.24. The normalized spacial score (nSPS) is 11.3. The lowest BCUT2D eigenvalue weighted by Crippen LogP contribution is -2.23. The van der Waals surface area contributed by atoms with Gasteiger partial charge in [-0.25, -0.2) is 13.1 Å². The van der Waals surface area contributed by atoms with E-state index in [1.165, 1.54) is 26.4 Å². The van der Waals surface area contributed by atoms with Gasteiger partial charge < -0.3 is 13.9 Å². The first-order chi connectivity index (χ1) is 12.5. The van der Waals surface area contributed by atoms with Crippen LogP contribution in [0.15, 0.2) is 64.2 Å². The molecule has 136 valence electrons. The van der Waals surface area contributed by atoms with Gasteiger partial charge in [-0.2, -0.15) is 0 Å². The number of benzene rings is 1. The molecule has 0 unspecified atom stereocenters. The molecule has 1 aromatic carbocycles. The van der Waals surface area contributed by atoms with E-state index in [0.29, 0.717) is 28.5 Å². The monoisotopic (exact) mass is 374 g/mol. The first-order valence-electron chi connectivity index (χ1n) is 7.74. The highest BCUT2D eigenvalue weighted by Crippen LogP contribution is 2.29. The largest absolute Gasteiger partial charge is 0.493 e. The van der Waals surface area contributed by atoms with E-state index in [1.807, 2.05) is 0 Å². The maximum Gasteiger partial charge on any atom is 0.241 e. The van der Waals surface area contributed by atoms with Crippen molar-refractivity contribution >= 4 is 10.0 Å². The highest BCUT2D eigenvalue weighted by atomic mass is 32.2. The molecule has 0 atom stereocenters. The van der Waals surface area contributed by atoms with Gasteiger partial charge in [-0.1, -0.05) is 6.07 Å². The number of rotatable bonds is 7. The summed E-state index contributed by atoms with van der Waals surface area (Å²) in [5, 5.41) is 0. The molecule has 2 heterocycles. The summed E-state index contributed by atoms with van der Waals surface area (Å²) in [7, 11) is -0.805. The Bertz CT molecular complexity index is 985. The average molecular weight is 374 g/mol. The van der Waals surface area contributed by atoms with E-state index in [9.17, 15) is 8.42 Å². The first kappa shape index (κ1) is 18.0. The molecule has 0 radical (unpaired) electrons. The summed E-state index contributed by atoms with van der Waals surface area (Å²) in [6, 6.07) is 11.5. The van der Waals surface area contributed by atoms with Crippen LogP contribution >= 0.6 is 0 Å². The molecular weight excluding hydrogens is 356 g/mol. The summed E-state index contributed by atoms with van der Waals surface area (Å²) in [5.41, 5.74) is 1.29. The molecule has 1 N–H and O–H groups in total. The Labute approximate surface area is 151 Å². The fourth-order valence-electron chi connectivity index (χ4n) is 2.46. The van der Waals surface area contributed by atoms with Crippen LogP contribution in [0, 0.1) is 0 Å². The maximum absolute atomic E-state index is 12.6. The van der Waals surface area contributed by atoms with E-state index in [0.717, 1.165) is 0 Å². The molecule has 3 aromatic rings. The smallest absolute Gasteiger partial charge is 0.241 e. The lowest BCUT2D eigenvalue weighted by Gasteiger charge is -2.12. The number of hydrogen-bond donors (Lipinski definition) is 1. The van der Waals surface area contributed by atoms with E-state index in [1.54, 1.807) is 42.8 Å². The quantitative estimate of drug-likeness (QED) is 0.684. The Morgan fingerprint density at radius 1 is 1.08 bits per heavy atom. The number of nitrogens with zero attached hydrogens (tertiary/aromatic N) is 1. The molecule has 26 heavy (non-hydrogen) atoms. The van der Waals surface area contributed by atoms with Gasteiger partial charge >= 0.3 is 0 Å². The second kappa shape index (κ2) is 7.59. The van der Waals surface area contributed by atoms with Crippen molar-refractivity contribution in [3.05, 3.63) is 60.5 Å². The Hall–Kier alpha value is -2.84. The molecule has 0 aliphatic carbocycles. The SMILES string of the molecule is COc1ccc(S(=O)(=O)NCc2cccnc2-c2ccco2)cc1OC. The minimum absolute atomic E-state index is 0.0700. The zero-order chi connectivity index (χ0) is 18.6. The third kappa shape index (κ3) is 3.71. The molecule has 2 aromatic heterocycles. The van der Waals surface area contributed by atoms with E-state index in [-0.39, 0.29) is 11.4 Å².